The molecule has 1 aromatic rings. The lowest BCUT2D eigenvalue weighted by atomic mass is 10.1. The highest BCUT2D eigenvalue weighted by molar-refractivity contribution is 5.52. The van der Waals surface area contributed by atoms with Crippen molar-refractivity contribution in [1.29, 1.82) is 0 Å². The van der Waals surface area contributed by atoms with Crippen LogP contribution >= 0.6 is 0 Å². The molecule has 0 heterocycles. The molecule has 80 valence electrons. The van der Waals surface area contributed by atoms with Crippen LogP contribution in [0.3, 0.4) is 0 Å². The molecule has 0 saturated carbocycles. The van der Waals surface area contributed by atoms with Crippen LogP contribution in [0.4, 0.5) is 5.69 Å². The highest BCUT2D eigenvalue weighted by Gasteiger charge is 2.00. The highest BCUT2D eigenvalue weighted by atomic mass is 16.2. The van der Waals surface area contributed by atoms with E-state index in [1.54, 1.807) is 0 Å². The number of aliphatic hydroxyl groups is 1. The number of benzene rings is 1. The van der Waals surface area contributed by atoms with Crippen molar-refractivity contribution in [3.8, 4) is 0 Å². The zero-order valence-corrected chi connectivity index (χ0v) is 9.62. The number of aryl methyl sites for hydroxylation is 1. The molecule has 1 aromatic carbocycles. The van der Waals surface area contributed by atoms with Gasteiger partial charge in [-0.3, -0.25) is 0 Å². The minimum absolute atomic E-state index is 1.00. The quantitative estimate of drug-likeness (QED) is 0.800. The zero-order chi connectivity index (χ0) is 11.0. The lowest BCUT2D eigenvalue weighted by molar-refractivity contribution is 0.399. The molecule has 1 N–H and O–H groups in total. The standard InChI is InChI=1S/C11H17N.CH4O/c1-4-7-10-8-5-6-9-11(10)12(2)3;1-2/h5-6,8-9H,4,7H2,1-3H3;2H,1H3. The maximum Gasteiger partial charge on any atom is 0.0393 e. The molecule has 0 unspecified atom stereocenters. The summed E-state index contributed by atoms with van der Waals surface area (Å²) in [6, 6.07) is 8.58. The van der Waals surface area contributed by atoms with Gasteiger partial charge in [0, 0.05) is 26.9 Å². The molecule has 0 fully saturated rings. The van der Waals surface area contributed by atoms with E-state index in [0.29, 0.717) is 0 Å². The zero-order valence-electron chi connectivity index (χ0n) is 9.62. The Bertz CT molecular complexity index is 246. The number of hydrogen-bond acceptors (Lipinski definition) is 2. The van der Waals surface area contributed by atoms with Gasteiger partial charge in [0.1, 0.15) is 0 Å². The molecule has 2 heteroatoms. The number of aliphatic hydroxyl groups excluding tert-OH is 1. The van der Waals surface area contributed by atoms with Gasteiger partial charge in [-0.25, -0.2) is 0 Å². The van der Waals surface area contributed by atoms with Crippen molar-refractivity contribution in [2.75, 3.05) is 26.1 Å². The average molecular weight is 195 g/mol. The van der Waals surface area contributed by atoms with Gasteiger partial charge < -0.3 is 10.0 Å². The third kappa shape index (κ3) is 3.79. The number of hydrogen-bond donors (Lipinski definition) is 1. The van der Waals surface area contributed by atoms with Crippen molar-refractivity contribution in [1.82, 2.24) is 0 Å². The summed E-state index contributed by atoms with van der Waals surface area (Å²) in [5.74, 6) is 0. The van der Waals surface area contributed by atoms with Gasteiger partial charge in [0.25, 0.3) is 0 Å². The van der Waals surface area contributed by atoms with Gasteiger partial charge in [0.05, 0.1) is 0 Å². The van der Waals surface area contributed by atoms with Crippen molar-refractivity contribution in [3.05, 3.63) is 29.8 Å². The lowest BCUT2D eigenvalue weighted by Gasteiger charge is -2.16. The Kier molecular flexibility index (Phi) is 6.85. The predicted octanol–water partition coefficient (Wildman–Crippen LogP) is 2.31. The van der Waals surface area contributed by atoms with Crippen LogP contribution in [-0.4, -0.2) is 26.3 Å². The smallest absolute Gasteiger partial charge is 0.0393 e. The highest BCUT2D eigenvalue weighted by Crippen LogP contribution is 2.18. The van der Waals surface area contributed by atoms with Crippen LogP contribution in [0, 0.1) is 0 Å². The second-order valence-electron chi connectivity index (χ2n) is 3.27. The molecule has 0 saturated heterocycles. The summed E-state index contributed by atoms with van der Waals surface area (Å²) in [7, 11) is 5.18. The molecule has 0 aliphatic carbocycles. The minimum atomic E-state index is 1.00. The molecule has 0 spiro atoms. The Balaban J connectivity index is 0.000000791. The Hall–Kier alpha value is -1.02. The van der Waals surface area contributed by atoms with Crippen LogP contribution in [0.15, 0.2) is 24.3 Å². The van der Waals surface area contributed by atoms with Crippen LogP contribution < -0.4 is 4.90 Å². The largest absolute Gasteiger partial charge is 0.400 e. The second-order valence-corrected chi connectivity index (χ2v) is 3.27. The van der Waals surface area contributed by atoms with Gasteiger partial charge in [0.15, 0.2) is 0 Å². The summed E-state index contributed by atoms with van der Waals surface area (Å²) in [5, 5.41) is 7.00. The van der Waals surface area contributed by atoms with E-state index >= 15 is 0 Å². The summed E-state index contributed by atoms with van der Waals surface area (Å²) in [4.78, 5) is 2.17. The summed E-state index contributed by atoms with van der Waals surface area (Å²) < 4.78 is 0. The molecular weight excluding hydrogens is 174 g/mol. The van der Waals surface area contributed by atoms with E-state index in [9.17, 15) is 0 Å². The minimum Gasteiger partial charge on any atom is -0.400 e. The number of para-hydroxylation sites is 1. The molecule has 0 aromatic heterocycles. The number of rotatable bonds is 3. The van der Waals surface area contributed by atoms with Crippen LogP contribution in [0.25, 0.3) is 0 Å². The van der Waals surface area contributed by atoms with Gasteiger partial charge in [-0.2, -0.15) is 0 Å². The van der Waals surface area contributed by atoms with Gasteiger partial charge in [-0.1, -0.05) is 31.5 Å². The van der Waals surface area contributed by atoms with Gasteiger partial charge in [-0.15, -0.1) is 0 Å². The van der Waals surface area contributed by atoms with Crippen molar-refractivity contribution < 1.29 is 5.11 Å². The molecule has 0 bridgehead atoms. The van der Waals surface area contributed by atoms with Crippen molar-refractivity contribution in [3.63, 3.8) is 0 Å². The van der Waals surface area contributed by atoms with E-state index in [1.165, 1.54) is 24.1 Å². The Labute approximate surface area is 87.2 Å². The average Bonchev–Trinajstić information content (AvgIpc) is 2.22. The van der Waals surface area contributed by atoms with Crippen LogP contribution in [-0.2, 0) is 6.42 Å². The fourth-order valence-electron chi connectivity index (χ4n) is 1.43. The fourth-order valence-corrected chi connectivity index (χ4v) is 1.43. The van der Waals surface area contributed by atoms with Crippen molar-refractivity contribution >= 4 is 5.69 Å². The topological polar surface area (TPSA) is 23.5 Å². The molecule has 14 heavy (non-hydrogen) atoms. The molecule has 0 atom stereocenters. The van der Waals surface area contributed by atoms with E-state index in [2.05, 4.69) is 50.2 Å². The Morgan fingerprint density at radius 2 is 1.71 bits per heavy atom. The Morgan fingerprint density at radius 3 is 2.21 bits per heavy atom. The van der Waals surface area contributed by atoms with Gasteiger partial charge in [-0.05, 0) is 18.1 Å². The first kappa shape index (κ1) is 13.0. The molecule has 1 rings (SSSR count). The summed E-state index contributed by atoms with van der Waals surface area (Å²) >= 11 is 0. The maximum atomic E-state index is 7.00. The third-order valence-electron chi connectivity index (χ3n) is 1.99. The molecule has 0 radical (unpaired) electrons. The summed E-state index contributed by atoms with van der Waals surface area (Å²) in [6.45, 7) is 2.21. The van der Waals surface area contributed by atoms with Gasteiger partial charge >= 0.3 is 0 Å². The third-order valence-corrected chi connectivity index (χ3v) is 1.99. The summed E-state index contributed by atoms with van der Waals surface area (Å²) in [6.07, 6.45) is 2.39. The first-order valence-electron chi connectivity index (χ1n) is 4.95. The molecule has 2 nitrogen and oxygen atoms in total. The molecular formula is C12H21NO. The van der Waals surface area contributed by atoms with Crippen LogP contribution in [0.2, 0.25) is 0 Å². The second kappa shape index (κ2) is 7.39. The van der Waals surface area contributed by atoms with Crippen LogP contribution in [0.1, 0.15) is 18.9 Å². The van der Waals surface area contributed by atoms with E-state index in [-0.39, 0.29) is 0 Å². The summed E-state index contributed by atoms with van der Waals surface area (Å²) in [5.41, 5.74) is 2.80. The molecule has 0 aliphatic rings. The van der Waals surface area contributed by atoms with E-state index in [0.717, 1.165) is 7.11 Å². The first-order valence-corrected chi connectivity index (χ1v) is 4.95. The SMILES string of the molecule is CCCc1ccccc1N(C)C.CO. The lowest BCUT2D eigenvalue weighted by Crippen LogP contribution is -2.10. The molecule has 0 amide bonds. The van der Waals surface area contributed by atoms with Gasteiger partial charge in [0.2, 0.25) is 0 Å². The van der Waals surface area contributed by atoms with E-state index < -0.39 is 0 Å². The first-order chi connectivity index (χ1) is 6.75. The monoisotopic (exact) mass is 195 g/mol. The number of nitrogens with zero attached hydrogens (tertiary/aromatic N) is 1. The molecule has 0 aliphatic heterocycles. The maximum absolute atomic E-state index is 7.00. The van der Waals surface area contributed by atoms with Crippen molar-refractivity contribution in [2.45, 2.75) is 19.8 Å². The van der Waals surface area contributed by atoms with E-state index in [1.807, 2.05) is 0 Å². The normalized spacial score (nSPS) is 8.93. The number of anilines is 1. The van der Waals surface area contributed by atoms with E-state index in [4.69, 9.17) is 5.11 Å². The predicted molar refractivity (Wildman–Crippen MR) is 62.9 cm³/mol. The van der Waals surface area contributed by atoms with Crippen LogP contribution in [0.5, 0.6) is 0 Å². The Morgan fingerprint density at radius 1 is 1.14 bits per heavy atom. The van der Waals surface area contributed by atoms with Crippen molar-refractivity contribution in [2.24, 2.45) is 0 Å². The fraction of sp³-hybridized carbons (Fsp3) is 0.500.